The second-order valence-electron chi connectivity index (χ2n) is 5.88. The van der Waals surface area contributed by atoms with Crippen LogP contribution in [0.2, 0.25) is 0 Å². The third kappa shape index (κ3) is 5.44. The fourth-order valence-corrected chi connectivity index (χ4v) is 3.69. The second-order valence-corrected chi connectivity index (χ2v) is 6.88. The van der Waals surface area contributed by atoms with E-state index in [-0.39, 0.29) is 5.91 Å². The fraction of sp³-hybridized carbons (Fsp3) is 0.706. The van der Waals surface area contributed by atoms with Gasteiger partial charge in [0.2, 0.25) is 5.91 Å². The normalized spacial score (nSPS) is 14.2. The number of thiophene rings is 1. The van der Waals surface area contributed by atoms with E-state index in [1.54, 1.807) is 0 Å². The Morgan fingerprint density at radius 3 is 2.95 bits per heavy atom. The van der Waals surface area contributed by atoms with E-state index >= 15 is 0 Å². The van der Waals surface area contributed by atoms with Crippen LogP contribution in [0, 0.1) is 0 Å². The first-order valence-electron chi connectivity index (χ1n) is 8.35. The first-order valence-corrected chi connectivity index (χ1v) is 9.23. The van der Waals surface area contributed by atoms with E-state index in [0.717, 1.165) is 26.1 Å². The van der Waals surface area contributed by atoms with Gasteiger partial charge < -0.3 is 10.2 Å². The average Bonchev–Trinajstić information content (AvgIpc) is 2.97. The Balaban J connectivity index is 1.54. The third-order valence-electron chi connectivity index (χ3n) is 4.14. The molecule has 0 aromatic carbocycles. The zero-order valence-electron chi connectivity index (χ0n) is 13.2. The SMILES string of the molecule is CCCCCCCCNCC(=O)N1CCc2sccc2C1. The molecule has 0 aliphatic carbocycles. The largest absolute Gasteiger partial charge is 0.337 e. The molecule has 3 nitrogen and oxygen atoms in total. The minimum absolute atomic E-state index is 0.248. The number of carbonyl (C=O) groups excluding carboxylic acids is 1. The summed E-state index contributed by atoms with van der Waals surface area (Å²) >= 11 is 1.82. The molecule has 118 valence electrons. The molecule has 1 aromatic heterocycles. The van der Waals surface area contributed by atoms with Gasteiger partial charge in [-0.15, -0.1) is 11.3 Å². The van der Waals surface area contributed by atoms with Crippen LogP contribution in [0.4, 0.5) is 0 Å². The predicted octanol–water partition coefficient (Wildman–Crippen LogP) is 3.58. The highest BCUT2D eigenvalue weighted by Gasteiger charge is 2.20. The summed E-state index contributed by atoms with van der Waals surface area (Å²) in [6.07, 6.45) is 8.83. The van der Waals surface area contributed by atoms with E-state index in [1.807, 2.05) is 16.2 Å². The lowest BCUT2D eigenvalue weighted by Gasteiger charge is -2.27. The number of nitrogens with one attached hydrogen (secondary N) is 1. The van der Waals surface area contributed by atoms with Crippen molar-refractivity contribution in [3.05, 3.63) is 21.9 Å². The average molecular weight is 308 g/mol. The van der Waals surface area contributed by atoms with Crippen molar-refractivity contribution in [2.24, 2.45) is 0 Å². The van der Waals surface area contributed by atoms with Crippen molar-refractivity contribution in [1.29, 1.82) is 0 Å². The molecule has 2 heterocycles. The molecular weight excluding hydrogens is 280 g/mol. The molecule has 1 aliphatic heterocycles. The Morgan fingerprint density at radius 2 is 2.10 bits per heavy atom. The van der Waals surface area contributed by atoms with Crippen LogP contribution in [0.15, 0.2) is 11.4 Å². The van der Waals surface area contributed by atoms with Crippen LogP contribution >= 0.6 is 11.3 Å². The molecule has 0 saturated carbocycles. The van der Waals surface area contributed by atoms with Gasteiger partial charge >= 0.3 is 0 Å². The van der Waals surface area contributed by atoms with Crippen molar-refractivity contribution >= 4 is 17.2 Å². The van der Waals surface area contributed by atoms with Gasteiger partial charge in [-0.3, -0.25) is 4.79 Å². The van der Waals surface area contributed by atoms with E-state index in [9.17, 15) is 4.79 Å². The van der Waals surface area contributed by atoms with Gasteiger partial charge in [0.15, 0.2) is 0 Å². The molecule has 1 aliphatic rings. The molecule has 0 saturated heterocycles. The standard InChI is InChI=1S/C17H28N2OS/c1-2-3-4-5-6-7-10-18-13-17(20)19-11-8-16-15(14-19)9-12-21-16/h9,12,18H,2-8,10-11,13-14H2,1H3. The second kappa shape index (κ2) is 9.21. The number of unbranched alkanes of at least 4 members (excludes halogenated alkanes) is 5. The molecule has 4 heteroatoms. The fourth-order valence-electron chi connectivity index (χ4n) is 2.80. The molecule has 2 rings (SSSR count). The molecule has 0 radical (unpaired) electrons. The minimum atomic E-state index is 0.248. The lowest BCUT2D eigenvalue weighted by Crippen LogP contribution is -2.41. The smallest absolute Gasteiger partial charge is 0.236 e. The van der Waals surface area contributed by atoms with Crippen molar-refractivity contribution in [1.82, 2.24) is 10.2 Å². The number of rotatable bonds is 9. The minimum Gasteiger partial charge on any atom is -0.337 e. The number of hydrogen-bond donors (Lipinski definition) is 1. The number of hydrogen-bond acceptors (Lipinski definition) is 3. The van der Waals surface area contributed by atoms with Crippen molar-refractivity contribution < 1.29 is 4.79 Å². The number of nitrogens with zero attached hydrogens (tertiary/aromatic N) is 1. The van der Waals surface area contributed by atoms with Crippen molar-refractivity contribution in [3.63, 3.8) is 0 Å². The summed E-state index contributed by atoms with van der Waals surface area (Å²) in [4.78, 5) is 15.6. The lowest BCUT2D eigenvalue weighted by molar-refractivity contribution is -0.131. The quantitative estimate of drug-likeness (QED) is 0.707. The van der Waals surface area contributed by atoms with Crippen LogP contribution in [0.25, 0.3) is 0 Å². The summed E-state index contributed by atoms with van der Waals surface area (Å²) in [5, 5.41) is 5.44. The maximum atomic E-state index is 12.2. The molecule has 21 heavy (non-hydrogen) atoms. The van der Waals surface area contributed by atoms with Gasteiger partial charge in [0.1, 0.15) is 0 Å². The zero-order chi connectivity index (χ0) is 14.9. The van der Waals surface area contributed by atoms with Crippen LogP contribution in [0.5, 0.6) is 0 Å². The van der Waals surface area contributed by atoms with E-state index in [1.165, 1.54) is 49.0 Å². The van der Waals surface area contributed by atoms with Gasteiger partial charge in [0, 0.05) is 18.0 Å². The molecule has 1 N–H and O–H groups in total. The monoisotopic (exact) mass is 308 g/mol. The Labute approximate surface area is 132 Å². The Morgan fingerprint density at radius 1 is 1.29 bits per heavy atom. The van der Waals surface area contributed by atoms with Crippen molar-refractivity contribution in [2.45, 2.75) is 58.4 Å². The van der Waals surface area contributed by atoms with Gasteiger partial charge in [0.25, 0.3) is 0 Å². The summed E-state index contributed by atoms with van der Waals surface area (Å²) < 4.78 is 0. The summed E-state index contributed by atoms with van der Waals surface area (Å²) in [5.41, 5.74) is 1.34. The van der Waals surface area contributed by atoms with E-state index < -0.39 is 0 Å². The Kier molecular flexibility index (Phi) is 7.24. The molecule has 0 atom stereocenters. The summed E-state index contributed by atoms with van der Waals surface area (Å²) in [6.45, 7) is 5.39. The van der Waals surface area contributed by atoms with Crippen LogP contribution < -0.4 is 5.32 Å². The highest BCUT2D eigenvalue weighted by Crippen LogP contribution is 2.23. The molecule has 0 spiro atoms. The van der Waals surface area contributed by atoms with Gasteiger partial charge in [-0.05, 0) is 36.4 Å². The van der Waals surface area contributed by atoms with Gasteiger partial charge in [0.05, 0.1) is 6.54 Å². The van der Waals surface area contributed by atoms with Crippen LogP contribution in [0.3, 0.4) is 0 Å². The maximum absolute atomic E-state index is 12.2. The van der Waals surface area contributed by atoms with Gasteiger partial charge in [-0.25, -0.2) is 0 Å². The van der Waals surface area contributed by atoms with Gasteiger partial charge in [-0.2, -0.15) is 0 Å². The Bertz CT molecular complexity index is 430. The van der Waals surface area contributed by atoms with Gasteiger partial charge in [-0.1, -0.05) is 39.0 Å². The third-order valence-corrected chi connectivity index (χ3v) is 5.17. The highest BCUT2D eigenvalue weighted by molar-refractivity contribution is 7.10. The first kappa shape index (κ1) is 16.5. The number of amides is 1. The molecule has 1 aromatic rings. The molecular formula is C17H28N2OS. The van der Waals surface area contributed by atoms with E-state index in [2.05, 4.69) is 23.7 Å². The highest BCUT2D eigenvalue weighted by atomic mass is 32.1. The maximum Gasteiger partial charge on any atom is 0.236 e. The van der Waals surface area contributed by atoms with E-state index in [4.69, 9.17) is 0 Å². The van der Waals surface area contributed by atoms with Crippen molar-refractivity contribution in [2.75, 3.05) is 19.6 Å². The summed E-state index contributed by atoms with van der Waals surface area (Å²) in [6, 6.07) is 2.16. The van der Waals surface area contributed by atoms with E-state index in [0.29, 0.717) is 6.54 Å². The molecule has 0 unspecified atom stereocenters. The van der Waals surface area contributed by atoms with Crippen molar-refractivity contribution in [3.8, 4) is 0 Å². The summed E-state index contributed by atoms with van der Waals surface area (Å²) in [7, 11) is 0. The topological polar surface area (TPSA) is 32.3 Å². The number of fused-ring (bicyclic) bond motifs is 1. The predicted molar refractivity (Wildman–Crippen MR) is 89.7 cm³/mol. The van der Waals surface area contributed by atoms with Crippen LogP contribution in [-0.2, 0) is 17.8 Å². The number of carbonyl (C=O) groups is 1. The molecule has 0 fully saturated rings. The van der Waals surface area contributed by atoms with Crippen LogP contribution in [0.1, 0.15) is 55.9 Å². The molecule has 1 amide bonds. The lowest BCUT2D eigenvalue weighted by atomic mass is 10.1. The zero-order valence-corrected chi connectivity index (χ0v) is 14.0. The molecule has 0 bridgehead atoms. The van der Waals surface area contributed by atoms with Crippen LogP contribution in [-0.4, -0.2) is 30.4 Å². The first-order chi connectivity index (χ1) is 10.3. The Hall–Kier alpha value is -0.870. The summed E-state index contributed by atoms with van der Waals surface area (Å²) in [5.74, 6) is 0.248.